The fourth-order valence-corrected chi connectivity index (χ4v) is 2.32. The van der Waals surface area contributed by atoms with E-state index < -0.39 is 0 Å². The number of thioether (sulfide) groups is 1. The number of aliphatic hydroxyl groups is 1. The number of rotatable bonds is 9. The van der Waals surface area contributed by atoms with Gasteiger partial charge in [-0.15, -0.1) is 0 Å². The monoisotopic (exact) mass is 260 g/mol. The standard InChI is InChI=1S/C11H20N2O3S/c12-9(15)7-17-6-1-10(16)13-8-11(2-3-11)4-5-14/h14H,1-8H2,(H2,12,15)(H,13,16). The Hall–Kier alpha value is -0.750. The van der Waals surface area contributed by atoms with Gasteiger partial charge >= 0.3 is 0 Å². The number of hydrogen-bond acceptors (Lipinski definition) is 4. The van der Waals surface area contributed by atoms with Gasteiger partial charge in [0.1, 0.15) is 0 Å². The molecule has 1 rings (SSSR count). The Morgan fingerprint density at radius 1 is 1.41 bits per heavy atom. The van der Waals surface area contributed by atoms with Crippen molar-refractivity contribution in [2.45, 2.75) is 25.7 Å². The van der Waals surface area contributed by atoms with Gasteiger partial charge in [-0.05, 0) is 24.7 Å². The summed E-state index contributed by atoms with van der Waals surface area (Å²) in [6.45, 7) is 0.844. The summed E-state index contributed by atoms with van der Waals surface area (Å²) in [5.74, 6) is 0.533. The highest BCUT2D eigenvalue weighted by molar-refractivity contribution is 7.99. The van der Waals surface area contributed by atoms with Gasteiger partial charge in [-0.25, -0.2) is 0 Å². The van der Waals surface area contributed by atoms with E-state index in [-0.39, 0.29) is 29.6 Å². The molecule has 0 radical (unpaired) electrons. The molecule has 4 N–H and O–H groups in total. The average molecular weight is 260 g/mol. The molecule has 0 aromatic carbocycles. The van der Waals surface area contributed by atoms with Crippen molar-refractivity contribution >= 4 is 23.6 Å². The molecular weight excluding hydrogens is 240 g/mol. The predicted octanol–water partition coefficient (Wildman–Crippen LogP) is -0.126. The van der Waals surface area contributed by atoms with E-state index in [0.717, 1.165) is 19.3 Å². The molecule has 5 nitrogen and oxygen atoms in total. The zero-order valence-electron chi connectivity index (χ0n) is 9.91. The van der Waals surface area contributed by atoms with Crippen LogP contribution in [0.15, 0.2) is 0 Å². The Morgan fingerprint density at radius 2 is 2.12 bits per heavy atom. The summed E-state index contributed by atoms with van der Waals surface area (Å²) >= 11 is 1.37. The fourth-order valence-electron chi connectivity index (χ4n) is 1.64. The van der Waals surface area contributed by atoms with Gasteiger partial charge < -0.3 is 16.2 Å². The van der Waals surface area contributed by atoms with E-state index in [1.54, 1.807) is 0 Å². The van der Waals surface area contributed by atoms with Crippen molar-refractivity contribution in [2.75, 3.05) is 24.7 Å². The summed E-state index contributed by atoms with van der Waals surface area (Å²) in [6.07, 6.45) is 3.35. The number of nitrogens with one attached hydrogen (secondary N) is 1. The lowest BCUT2D eigenvalue weighted by molar-refractivity contribution is -0.121. The van der Waals surface area contributed by atoms with E-state index in [2.05, 4.69) is 5.32 Å². The second-order valence-electron chi connectivity index (χ2n) is 4.52. The van der Waals surface area contributed by atoms with Crippen LogP contribution in [-0.2, 0) is 9.59 Å². The van der Waals surface area contributed by atoms with Crippen molar-refractivity contribution < 1.29 is 14.7 Å². The van der Waals surface area contributed by atoms with E-state index in [4.69, 9.17) is 10.8 Å². The molecule has 0 bridgehead atoms. The van der Waals surface area contributed by atoms with Crippen molar-refractivity contribution in [1.29, 1.82) is 0 Å². The van der Waals surface area contributed by atoms with Gasteiger partial charge in [-0.1, -0.05) is 0 Å². The van der Waals surface area contributed by atoms with Crippen molar-refractivity contribution in [2.24, 2.45) is 11.1 Å². The molecule has 1 saturated carbocycles. The first-order valence-electron chi connectivity index (χ1n) is 5.82. The molecule has 0 aromatic rings. The lowest BCUT2D eigenvalue weighted by Gasteiger charge is -2.14. The Bertz CT molecular complexity index is 280. The summed E-state index contributed by atoms with van der Waals surface area (Å²) in [7, 11) is 0. The van der Waals surface area contributed by atoms with Crippen LogP contribution in [0, 0.1) is 5.41 Å². The molecule has 0 aliphatic heterocycles. The van der Waals surface area contributed by atoms with E-state index in [1.165, 1.54) is 11.8 Å². The van der Waals surface area contributed by atoms with E-state index in [1.807, 2.05) is 0 Å². The molecule has 1 aliphatic rings. The number of carbonyl (C=O) groups is 2. The smallest absolute Gasteiger partial charge is 0.227 e. The first-order valence-corrected chi connectivity index (χ1v) is 6.97. The van der Waals surface area contributed by atoms with Crippen LogP contribution in [0.1, 0.15) is 25.7 Å². The van der Waals surface area contributed by atoms with Crippen LogP contribution in [0.4, 0.5) is 0 Å². The third-order valence-electron chi connectivity index (χ3n) is 2.98. The molecule has 0 unspecified atom stereocenters. The van der Waals surface area contributed by atoms with Gasteiger partial charge in [0.05, 0.1) is 5.75 Å². The molecular formula is C11H20N2O3S. The number of primary amides is 1. The quantitative estimate of drug-likeness (QED) is 0.504. The van der Waals surface area contributed by atoms with Gasteiger partial charge in [-0.2, -0.15) is 11.8 Å². The summed E-state index contributed by atoms with van der Waals surface area (Å²) < 4.78 is 0. The van der Waals surface area contributed by atoms with Crippen LogP contribution in [-0.4, -0.2) is 41.6 Å². The molecule has 6 heteroatoms. The minimum atomic E-state index is -0.352. The number of hydrogen-bond donors (Lipinski definition) is 3. The van der Waals surface area contributed by atoms with Gasteiger partial charge in [0, 0.05) is 25.3 Å². The fraction of sp³-hybridized carbons (Fsp3) is 0.818. The lowest BCUT2D eigenvalue weighted by Crippen LogP contribution is -2.31. The molecule has 0 atom stereocenters. The Morgan fingerprint density at radius 3 is 2.65 bits per heavy atom. The second-order valence-corrected chi connectivity index (χ2v) is 5.62. The van der Waals surface area contributed by atoms with E-state index >= 15 is 0 Å². The van der Waals surface area contributed by atoms with Crippen molar-refractivity contribution in [3.63, 3.8) is 0 Å². The summed E-state index contributed by atoms with van der Waals surface area (Å²) in [6, 6.07) is 0. The maximum absolute atomic E-state index is 11.5. The molecule has 98 valence electrons. The molecule has 1 fully saturated rings. The van der Waals surface area contributed by atoms with Crippen LogP contribution in [0.2, 0.25) is 0 Å². The first-order chi connectivity index (χ1) is 8.08. The number of nitrogens with two attached hydrogens (primary N) is 1. The normalized spacial score (nSPS) is 16.5. The van der Waals surface area contributed by atoms with Gasteiger partial charge in [0.25, 0.3) is 0 Å². The Balaban J connectivity index is 2.03. The zero-order chi connectivity index (χ0) is 12.7. The maximum Gasteiger partial charge on any atom is 0.227 e. The molecule has 2 amide bonds. The maximum atomic E-state index is 11.5. The summed E-state index contributed by atoms with van der Waals surface area (Å²) in [5, 5.41) is 11.8. The minimum absolute atomic E-state index is 0.00573. The Kier molecular flexibility index (Phi) is 5.77. The van der Waals surface area contributed by atoms with Crippen LogP contribution >= 0.6 is 11.8 Å². The summed E-state index contributed by atoms with van der Waals surface area (Å²) in [4.78, 5) is 21.9. The highest BCUT2D eigenvalue weighted by Crippen LogP contribution is 2.47. The second kappa shape index (κ2) is 6.86. The highest BCUT2D eigenvalue weighted by atomic mass is 32.2. The molecule has 0 aromatic heterocycles. The van der Waals surface area contributed by atoms with Crippen molar-refractivity contribution in [3.8, 4) is 0 Å². The molecule has 1 aliphatic carbocycles. The SMILES string of the molecule is NC(=O)CSCCC(=O)NCC1(CCO)CC1. The zero-order valence-corrected chi connectivity index (χ0v) is 10.7. The third kappa shape index (κ3) is 5.93. The van der Waals surface area contributed by atoms with Crippen LogP contribution in [0.5, 0.6) is 0 Å². The van der Waals surface area contributed by atoms with Crippen LogP contribution < -0.4 is 11.1 Å². The number of aliphatic hydroxyl groups excluding tert-OH is 1. The van der Waals surface area contributed by atoms with Crippen LogP contribution in [0.3, 0.4) is 0 Å². The van der Waals surface area contributed by atoms with Crippen molar-refractivity contribution in [1.82, 2.24) is 5.32 Å². The predicted molar refractivity (Wildman–Crippen MR) is 67.5 cm³/mol. The molecule has 17 heavy (non-hydrogen) atoms. The molecule has 0 heterocycles. The van der Waals surface area contributed by atoms with Crippen LogP contribution in [0.25, 0.3) is 0 Å². The topological polar surface area (TPSA) is 92.4 Å². The number of amides is 2. The van der Waals surface area contributed by atoms with Gasteiger partial charge in [-0.3, -0.25) is 9.59 Å². The largest absolute Gasteiger partial charge is 0.396 e. The number of carbonyl (C=O) groups excluding carboxylic acids is 2. The first kappa shape index (κ1) is 14.3. The average Bonchev–Trinajstić information content (AvgIpc) is 3.03. The summed E-state index contributed by atoms with van der Waals surface area (Å²) in [5.41, 5.74) is 5.14. The van der Waals surface area contributed by atoms with Gasteiger partial charge in [0.15, 0.2) is 0 Å². The molecule has 0 spiro atoms. The lowest BCUT2D eigenvalue weighted by atomic mass is 10.0. The molecule has 0 saturated heterocycles. The third-order valence-corrected chi connectivity index (χ3v) is 3.96. The highest BCUT2D eigenvalue weighted by Gasteiger charge is 2.41. The van der Waals surface area contributed by atoms with Crippen molar-refractivity contribution in [3.05, 3.63) is 0 Å². The minimum Gasteiger partial charge on any atom is -0.396 e. The van der Waals surface area contributed by atoms with Gasteiger partial charge in [0.2, 0.25) is 11.8 Å². The Labute approximate surface area is 106 Å². The van der Waals surface area contributed by atoms with E-state index in [0.29, 0.717) is 18.7 Å². The van der Waals surface area contributed by atoms with E-state index in [9.17, 15) is 9.59 Å².